The van der Waals surface area contributed by atoms with Crippen molar-refractivity contribution >= 4 is 0 Å². The van der Waals surface area contributed by atoms with E-state index in [0.29, 0.717) is 17.5 Å². The van der Waals surface area contributed by atoms with Crippen molar-refractivity contribution in [3.8, 4) is 0 Å². The van der Waals surface area contributed by atoms with Gasteiger partial charge in [-0.15, -0.1) is 0 Å². The number of piperidine rings is 1. The molecule has 2 aliphatic rings. The lowest BCUT2D eigenvalue weighted by Gasteiger charge is -2.39. The molecule has 12 heavy (non-hydrogen) atoms. The molecule has 1 saturated carbocycles. The molecular weight excluding hydrogens is 148 g/mol. The van der Waals surface area contributed by atoms with Gasteiger partial charge in [0.25, 0.3) is 0 Å². The second-order valence-corrected chi connectivity index (χ2v) is 4.81. The number of nitrogens with zero attached hydrogens (tertiary/aromatic N) is 1. The van der Waals surface area contributed by atoms with E-state index in [2.05, 4.69) is 18.7 Å². The SMILES string of the molecule is CC(C)N1CCC2(CC2)[C@@H](N)C1. The largest absolute Gasteiger partial charge is 0.326 e. The maximum Gasteiger partial charge on any atom is 0.0225 e. The van der Waals surface area contributed by atoms with Crippen molar-refractivity contribution in [1.82, 2.24) is 4.90 Å². The Morgan fingerprint density at radius 3 is 2.42 bits per heavy atom. The van der Waals surface area contributed by atoms with Crippen molar-refractivity contribution in [2.45, 2.75) is 45.2 Å². The van der Waals surface area contributed by atoms with Crippen LogP contribution in [0, 0.1) is 5.41 Å². The molecule has 2 fully saturated rings. The quantitative estimate of drug-likeness (QED) is 0.637. The van der Waals surface area contributed by atoms with E-state index >= 15 is 0 Å². The molecule has 0 aromatic carbocycles. The van der Waals surface area contributed by atoms with Gasteiger partial charge in [-0.25, -0.2) is 0 Å². The fourth-order valence-corrected chi connectivity index (χ4v) is 2.34. The van der Waals surface area contributed by atoms with Crippen molar-refractivity contribution in [2.75, 3.05) is 13.1 Å². The maximum absolute atomic E-state index is 6.16. The summed E-state index contributed by atoms with van der Waals surface area (Å²) in [5.41, 5.74) is 6.75. The zero-order valence-electron chi connectivity index (χ0n) is 8.21. The highest BCUT2D eigenvalue weighted by molar-refractivity contribution is 5.05. The van der Waals surface area contributed by atoms with E-state index in [1.807, 2.05) is 0 Å². The van der Waals surface area contributed by atoms with Crippen LogP contribution in [0.3, 0.4) is 0 Å². The highest BCUT2D eigenvalue weighted by atomic mass is 15.2. The molecule has 0 amide bonds. The van der Waals surface area contributed by atoms with Gasteiger partial charge in [-0.3, -0.25) is 4.90 Å². The van der Waals surface area contributed by atoms with Gasteiger partial charge in [0.05, 0.1) is 0 Å². The molecule has 1 heterocycles. The molecule has 1 saturated heterocycles. The Kier molecular flexibility index (Phi) is 1.92. The molecule has 1 aliphatic heterocycles. The van der Waals surface area contributed by atoms with Gasteiger partial charge in [0.1, 0.15) is 0 Å². The predicted molar refractivity (Wildman–Crippen MR) is 51.0 cm³/mol. The van der Waals surface area contributed by atoms with Crippen molar-refractivity contribution in [3.63, 3.8) is 0 Å². The van der Waals surface area contributed by atoms with Crippen LogP contribution in [-0.2, 0) is 0 Å². The summed E-state index contributed by atoms with van der Waals surface area (Å²) in [5.74, 6) is 0. The van der Waals surface area contributed by atoms with E-state index in [1.54, 1.807) is 0 Å². The zero-order chi connectivity index (χ0) is 8.77. The van der Waals surface area contributed by atoms with Gasteiger partial charge in [-0.05, 0) is 45.1 Å². The summed E-state index contributed by atoms with van der Waals surface area (Å²) in [6.07, 6.45) is 4.12. The molecule has 2 rings (SSSR count). The monoisotopic (exact) mass is 168 g/mol. The van der Waals surface area contributed by atoms with Crippen LogP contribution in [0.4, 0.5) is 0 Å². The molecule has 0 unspecified atom stereocenters. The summed E-state index contributed by atoms with van der Waals surface area (Å²) in [6.45, 7) is 6.91. The summed E-state index contributed by atoms with van der Waals surface area (Å²) in [4.78, 5) is 2.51. The lowest BCUT2D eigenvalue weighted by molar-refractivity contribution is 0.119. The third-order valence-electron chi connectivity index (χ3n) is 3.74. The second kappa shape index (κ2) is 2.71. The Hall–Kier alpha value is -0.0800. The first-order valence-electron chi connectivity index (χ1n) is 5.14. The standard InChI is InChI=1S/C10H20N2/c1-8(2)12-6-5-10(3-4-10)9(11)7-12/h8-9H,3-7,11H2,1-2H3/t9-/m0/s1. The molecule has 2 N–H and O–H groups in total. The number of hydrogen-bond donors (Lipinski definition) is 1. The van der Waals surface area contributed by atoms with Crippen molar-refractivity contribution in [3.05, 3.63) is 0 Å². The van der Waals surface area contributed by atoms with Crippen LogP contribution >= 0.6 is 0 Å². The molecule has 0 bridgehead atoms. The smallest absolute Gasteiger partial charge is 0.0225 e. The Morgan fingerprint density at radius 2 is 2.00 bits per heavy atom. The number of hydrogen-bond acceptors (Lipinski definition) is 2. The predicted octanol–water partition coefficient (Wildman–Crippen LogP) is 1.21. The highest BCUT2D eigenvalue weighted by Crippen LogP contribution is 2.53. The van der Waals surface area contributed by atoms with Crippen LogP contribution in [-0.4, -0.2) is 30.1 Å². The molecule has 2 nitrogen and oxygen atoms in total. The molecule has 1 spiro atoms. The third kappa shape index (κ3) is 1.27. The number of rotatable bonds is 1. The molecule has 0 radical (unpaired) electrons. The average molecular weight is 168 g/mol. The molecule has 2 heteroatoms. The van der Waals surface area contributed by atoms with Crippen LogP contribution < -0.4 is 5.73 Å². The van der Waals surface area contributed by atoms with Gasteiger partial charge in [0.2, 0.25) is 0 Å². The minimum atomic E-state index is 0.452. The zero-order valence-corrected chi connectivity index (χ0v) is 8.21. The molecule has 1 atom stereocenters. The summed E-state index contributed by atoms with van der Waals surface area (Å²) in [5, 5.41) is 0. The van der Waals surface area contributed by atoms with Crippen LogP contribution in [0.1, 0.15) is 33.1 Å². The van der Waals surface area contributed by atoms with Gasteiger partial charge in [-0.1, -0.05) is 0 Å². The second-order valence-electron chi connectivity index (χ2n) is 4.81. The van der Waals surface area contributed by atoms with E-state index in [9.17, 15) is 0 Å². The molecule has 1 aliphatic carbocycles. The molecule has 0 aromatic heterocycles. The number of nitrogens with two attached hydrogens (primary N) is 1. The Morgan fingerprint density at radius 1 is 1.33 bits per heavy atom. The Balaban J connectivity index is 1.94. The first-order valence-corrected chi connectivity index (χ1v) is 5.14. The topological polar surface area (TPSA) is 29.3 Å². The normalized spacial score (nSPS) is 34.5. The number of likely N-dealkylation sites (tertiary alicyclic amines) is 1. The van der Waals surface area contributed by atoms with Crippen LogP contribution in [0.15, 0.2) is 0 Å². The van der Waals surface area contributed by atoms with Gasteiger partial charge < -0.3 is 5.73 Å². The Labute approximate surface area is 75.1 Å². The highest BCUT2D eigenvalue weighted by Gasteiger charge is 2.50. The van der Waals surface area contributed by atoms with Crippen LogP contribution in [0.5, 0.6) is 0 Å². The first kappa shape index (κ1) is 8.52. The summed E-state index contributed by atoms with van der Waals surface area (Å²) >= 11 is 0. The third-order valence-corrected chi connectivity index (χ3v) is 3.74. The van der Waals surface area contributed by atoms with Crippen molar-refractivity contribution in [1.29, 1.82) is 0 Å². The van der Waals surface area contributed by atoms with Crippen molar-refractivity contribution in [2.24, 2.45) is 11.1 Å². The fourth-order valence-electron chi connectivity index (χ4n) is 2.34. The summed E-state index contributed by atoms with van der Waals surface area (Å²) in [7, 11) is 0. The van der Waals surface area contributed by atoms with Crippen LogP contribution in [0.2, 0.25) is 0 Å². The van der Waals surface area contributed by atoms with E-state index in [0.717, 1.165) is 6.54 Å². The molecular formula is C10H20N2. The van der Waals surface area contributed by atoms with E-state index in [1.165, 1.54) is 25.8 Å². The lowest BCUT2D eigenvalue weighted by Crippen LogP contribution is -2.51. The van der Waals surface area contributed by atoms with E-state index in [-0.39, 0.29) is 0 Å². The Bertz CT molecular complexity index is 173. The summed E-state index contributed by atoms with van der Waals surface area (Å²) < 4.78 is 0. The van der Waals surface area contributed by atoms with E-state index in [4.69, 9.17) is 5.73 Å². The average Bonchev–Trinajstić information content (AvgIpc) is 2.76. The fraction of sp³-hybridized carbons (Fsp3) is 1.00. The van der Waals surface area contributed by atoms with E-state index < -0.39 is 0 Å². The van der Waals surface area contributed by atoms with Gasteiger partial charge >= 0.3 is 0 Å². The van der Waals surface area contributed by atoms with Gasteiger partial charge in [0, 0.05) is 18.6 Å². The van der Waals surface area contributed by atoms with Gasteiger partial charge in [0.15, 0.2) is 0 Å². The molecule has 0 aromatic rings. The minimum absolute atomic E-state index is 0.452. The van der Waals surface area contributed by atoms with Crippen molar-refractivity contribution < 1.29 is 0 Å². The first-order chi connectivity index (χ1) is 5.64. The summed E-state index contributed by atoms with van der Waals surface area (Å²) in [6, 6.07) is 1.13. The lowest BCUT2D eigenvalue weighted by atomic mass is 9.88. The van der Waals surface area contributed by atoms with Crippen LogP contribution in [0.25, 0.3) is 0 Å². The minimum Gasteiger partial charge on any atom is -0.326 e. The maximum atomic E-state index is 6.16. The molecule has 70 valence electrons. The van der Waals surface area contributed by atoms with Gasteiger partial charge in [-0.2, -0.15) is 0 Å².